The smallest absolute Gasteiger partial charge is 0.229 e. The number of anilines is 1. The summed E-state index contributed by atoms with van der Waals surface area (Å²) in [6, 6.07) is 17.2. The SMILES string of the molecule is CNC(=S)N[C@H]1CC(=O)N(c2ccc(Oc3ccccc3)cc2)C1. The quantitative estimate of drug-likeness (QED) is 0.838. The number of amides is 1. The molecule has 0 aromatic heterocycles. The van der Waals surface area contributed by atoms with Crippen LogP contribution in [-0.2, 0) is 4.79 Å². The van der Waals surface area contributed by atoms with Gasteiger partial charge in [0.2, 0.25) is 5.91 Å². The average Bonchev–Trinajstić information content (AvgIpc) is 2.96. The zero-order valence-electron chi connectivity index (χ0n) is 13.4. The highest BCUT2D eigenvalue weighted by Crippen LogP contribution is 2.26. The topological polar surface area (TPSA) is 53.6 Å². The minimum Gasteiger partial charge on any atom is -0.457 e. The Morgan fingerprint density at radius 3 is 2.46 bits per heavy atom. The second-order valence-electron chi connectivity index (χ2n) is 5.54. The molecule has 24 heavy (non-hydrogen) atoms. The Hall–Kier alpha value is -2.60. The van der Waals surface area contributed by atoms with E-state index in [0.717, 1.165) is 17.2 Å². The number of hydrogen-bond acceptors (Lipinski definition) is 3. The van der Waals surface area contributed by atoms with Crippen LogP contribution in [0.1, 0.15) is 6.42 Å². The van der Waals surface area contributed by atoms with Gasteiger partial charge in [-0.2, -0.15) is 0 Å². The predicted octanol–water partition coefficient (Wildman–Crippen LogP) is 2.68. The Balaban J connectivity index is 1.65. The summed E-state index contributed by atoms with van der Waals surface area (Å²) in [7, 11) is 1.76. The van der Waals surface area contributed by atoms with Gasteiger partial charge >= 0.3 is 0 Å². The van der Waals surface area contributed by atoms with Crippen LogP contribution < -0.4 is 20.3 Å². The lowest BCUT2D eigenvalue weighted by Gasteiger charge is -2.18. The maximum atomic E-state index is 12.2. The van der Waals surface area contributed by atoms with Crippen molar-refractivity contribution < 1.29 is 9.53 Å². The first-order chi connectivity index (χ1) is 11.7. The zero-order chi connectivity index (χ0) is 16.9. The van der Waals surface area contributed by atoms with Crippen molar-refractivity contribution in [2.75, 3.05) is 18.5 Å². The molecule has 0 bridgehead atoms. The Bertz CT molecular complexity index is 719. The fourth-order valence-electron chi connectivity index (χ4n) is 2.63. The first kappa shape index (κ1) is 16.3. The highest BCUT2D eigenvalue weighted by Gasteiger charge is 2.30. The van der Waals surface area contributed by atoms with Crippen LogP contribution in [0.25, 0.3) is 0 Å². The van der Waals surface area contributed by atoms with Crippen LogP contribution in [0.5, 0.6) is 11.5 Å². The molecule has 0 unspecified atom stereocenters. The maximum Gasteiger partial charge on any atom is 0.229 e. The van der Waals surface area contributed by atoms with Crippen molar-refractivity contribution in [1.29, 1.82) is 0 Å². The average molecular weight is 341 g/mol. The summed E-state index contributed by atoms with van der Waals surface area (Å²) in [5.74, 6) is 1.61. The van der Waals surface area contributed by atoms with Crippen molar-refractivity contribution in [3.63, 3.8) is 0 Å². The molecule has 124 valence electrons. The molecule has 3 rings (SSSR count). The summed E-state index contributed by atoms with van der Waals surface area (Å²) in [6.45, 7) is 0.597. The molecule has 1 saturated heterocycles. The van der Waals surface area contributed by atoms with Gasteiger partial charge in [0.05, 0.1) is 6.04 Å². The molecule has 1 heterocycles. The molecular weight excluding hydrogens is 322 g/mol. The van der Waals surface area contributed by atoms with Gasteiger partial charge in [-0.1, -0.05) is 18.2 Å². The van der Waals surface area contributed by atoms with Crippen molar-refractivity contribution in [2.24, 2.45) is 0 Å². The second kappa shape index (κ2) is 7.31. The lowest BCUT2D eigenvalue weighted by Crippen LogP contribution is -2.41. The van der Waals surface area contributed by atoms with E-state index in [1.165, 1.54) is 0 Å². The van der Waals surface area contributed by atoms with Gasteiger partial charge in [0.15, 0.2) is 5.11 Å². The third-order valence-corrected chi connectivity index (χ3v) is 4.14. The first-order valence-corrected chi connectivity index (χ1v) is 8.18. The van der Waals surface area contributed by atoms with E-state index in [4.69, 9.17) is 17.0 Å². The molecule has 5 nitrogen and oxygen atoms in total. The van der Waals surface area contributed by atoms with Crippen molar-refractivity contribution in [1.82, 2.24) is 10.6 Å². The minimum atomic E-state index is 0.0256. The molecule has 0 radical (unpaired) electrons. The maximum absolute atomic E-state index is 12.2. The fourth-order valence-corrected chi connectivity index (χ4v) is 2.80. The van der Waals surface area contributed by atoms with Crippen molar-refractivity contribution in [3.8, 4) is 11.5 Å². The number of nitrogens with zero attached hydrogens (tertiary/aromatic N) is 1. The van der Waals surface area contributed by atoms with Crippen LogP contribution in [0.15, 0.2) is 54.6 Å². The van der Waals surface area contributed by atoms with E-state index in [1.54, 1.807) is 11.9 Å². The molecule has 1 fully saturated rings. The molecule has 2 aromatic carbocycles. The molecule has 1 amide bonds. The highest BCUT2D eigenvalue weighted by atomic mass is 32.1. The number of carbonyl (C=O) groups is 1. The van der Waals surface area contributed by atoms with E-state index in [2.05, 4.69) is 10.6 Å². The summed E-state index contributed by atoms with van der Waals surface area (Å²) in [4.78, 5) is 14.0. The lowest BCUT2D eigenvalue weighted by atomic mass is 10.2. The molecule has 2 aromatic rings. The summed E-state index contributed by atoms with van der Waals surface area (Å²) in [5, 5.41) is 6.56. The molecular formula is C18H19N3O2S. The van der Waals surface area contributed by atoms with Gasteiger partial charge in [0.25, 0.3) is 0 Å². The van der Waals surface area contributed by atoms with Crippen LogP contribution in [0.3, 0.4) is 0 Å². The number of ether oxygens (including phenoxy) is 1. The van der Waals surface area contributed by atoms with E-state index < -0.39 is 0 Å². The molecule has 0 spiro atoms. The molecule has 2 N–H and O–H groups in total. The molecule has 0 saturated carbocycles. The van der Waals surface area contributed by atoms with Gasteiger partial charge < -0.3 is 20.3 Å². The molecule has 1 atom stereocenters. The van der Waals surface area contributed by atoms with Crippen molar-refractivity contribution >= 4 is 28.9 Å². The second-order valence-corrected chi connectivity index (χ2v) is 5.95. The number of rotatable bonds is 4. The highest BCUT2D eigenvalue weighted by molar-refractivity contribution is 7.80. The Morgan fingerprint density at radius 1 is 1.12 bits per heavy atom. The van der Waals surface area contributed by atoms with Gasteiger partial charge in [-0.05, 0) is 48.6 Å². The van der Waals surface area contributed by atoms with Crippen LogP contribution in [0, 0.1) is 0 Å². The normalized spacial score (nSPS) is 16.8. The molecule has 1 aliphatic rings. The first-order valence-electron chi connectivity index (χ1n) is 7.77. The monoisotopic (exact) mass is 341 g/mol. The standard InChI is InChI=1S/C18H19N3O2S/c1-19-18(24)20-13-11-17(22)21(12-13)14-7-9-16(10-8-14)23-15-5-3-2-4-6-15/h2-10,13H,11-12H2,1H3,(H2,19,20,24)/t13-/m0/s1. The summed E-state index contributed by atoms with van der Waals surface area (Å²) in [6.07, 6.45) is 0.435. The van der Waals surface area contributed by atoms with Crippen LogP contribution in [-0.4, -0.2) is 30.7 Å². The third kappa shape index (κ3) is 3.83. The lowest BCUT2D eigenvalue weighted by molar-refractivity contribution is -0.117. The molecule has 0 aliphatic carbocycles. The molecule has 1 aliphatic heterocycles. The van der Waals surface area contributed by atoms with Crippen molar-refractivity contribution in [3.05, 3.63) is 54.6 Å². The van der Waals surface area contributed by atoms with Gasteiger partial charge in [-0.3, -0.25) is 4.79 Å². The zero-order valence-corrected chi connectivity index (χ0v) is 14.2. The largest absolute Gasteiger partial charge is 0.457 e. The fraction of sp³-hybridized carbons (Fsp3) is 0.222. The number of benzene rings is 2. The van der Waals surface area contributed by atoms with Gasteiger partial charge in [0.1, 0.15) is 11.5 Å². The van der Waals surface area contributed by atoms with E-state index in [0.29, 0.717) is 18.1 Å². The Labute approximate surface area is 146 Å². The number of thiocarbonyl (C=S) groups is 1. The number of hydrogen-bond donors (Lipinski definition) is 2. The Morgan fingerprint density at radius 2 is 1.79 bits per heavy atom. The number of carbonyl (C=O) groups excluding carboxylic acids is 1. The van der Waals surface area contributed by atoms with Gasteiger partial charge in [0, 0.05) is 25.7 Å². The number of para-hydroxylation sites is 1. The predicted molar refractivity (Wildman–Crippen MR) is 98.5 cm³/mol. The van der Waals surface area contributed by atoms with Crippen LogP contribution in [0.2, 0.25) is 0 Å². The van der Waals surface area contributed by atoms with Crippen molar-refractivity contribution in [2.45, 2.75) is 12.5 Å². The van der Waals surface area contributed by atoms with E-state index >= 15 is 0 Å². The summed E-state index contributed by atoms with van der Waals surface area (Å²) >= 11 is 5.10. The van der Waals surface area contributed by atoms with E-state index in [1.807, 2.05) is 54.6 Å². The van der Waals surface area contributed by atoms with Crippen LogP contribution in [0.4, 0.5) is 5.69 Å². The third-order valence-electron chi connectivity index (χ3n) is 3.81. The Kier molecular flexibility index (Phi) is 4.96. The van der Waals surface area contributed by atoms with E-state index in [9.17, 15) is 4.79 Å². The van der Waals surface area contributed by atoms with Crippen LogP contribution >= 0.6 is 12.2 Å². The summed E-state index contributed by atoms with van der Waals surface area (Å²) in [5.41, 5.74) is 0.861. The van der Waals surface area contributed by atoms with E-state index in [-0.39, 0.29) is 11.9 Å². The molecule has 6 heteroatoms. The van der Waals surface area contributed by atoms with Gasteiger partial charge in [-0.15, -0.1) is 0 Å². The summed E-state index contributed by atoms with van der Waals surface area (Å²) < 4.78 is 5.77. The minimum absolute atomic E-state index is 0.0256. The number of nitrogens with one attached hydrogen (secondary N) is 2. The van der Waals surface area contributed by atoms with Gasteiger partial charge in [-0.25, -0.2) is 0 Å².